The second kappa shape index (κ2) is 5.66. The van der Waals surface area contributed by atoms with Crippen LogP contribution in [0.1, 0.15) is 46.0 Å². The number of carboxylic acids is 1. The number of rotatable bonds is 3. The summed E-state index contributed by atoms with van der Waals surface area (Å²) in [7, 11) is 0. The maximum Gasteiger partial charge on any atom is 0.331 e. The summed E-state index contributed by atoms with van der Waals surface area (Å²) < 4.78 is 5.36. The van der Waals surface area contributed by atoms with Crippen molar-refractivity contribution in [3.8, 4) is 0 Å². The van der Waals surface area contributed by atoms with Crippen LogP contribution in [0.3, 0.4) is 0 Å². The Labute approximate surface area is 125 Å². The lowest BCUT2D eigenvalue weighted by atomic mass is 9.55. The number of hydrogen-bond donors (Lipinski definition) is 1. The molecule has 0 radical (unpaired) electrons. The second-order valence-corrected chi connectivity index (χ2v) is 6.72. The third kappa shape index (κ3) is 3.04. The molecule has 0 aromatic carbocycles. The molecule has 0 bridgehead atoms. The summed E-state index contributed by atoms with van der Waals surface area (Å²) in [4.78, 5) is 22.3. The van der Waals surface area contributed by atoms with Crippen molar-refractivity contribution >= 4 is 11.9 Å². The predicted molar refractivity (Wildman–Crippen MR) is 79.6 cm³/mol. The molecule has 21 heavy (non-hydrogen) atoms. The van der Waals surface area contributed by atoms with Gasteiger partial charge in [-0.15, -0.1) is 0 Å². The number of carbonyl (C=O) groups is 2. The Hall–Kier alpha value is -1.58. The van der Waals surface area contributed by atoms with Gasteiger partial charge < -0.3 is 9.84 Å². The number of carboxylic acid groups (broad SMARTS) is 1. The third-order valence-electron chi connectivity index (χ3n) is 5.34. The van der Waals surface area contributed by atoms with E-state index in [2.05, 4.69) is 20.1 Å². The minimum absolute atomic E-state index is 0.00611. The minimum Gasteiger partial charge on any atom is -0.478 e. The van der Waals surface area contributed by atoms with Gasteiger partial charge in [-0.2, -0.15) is 0 Å². The smallest absolute Gasteiger partial charge is 0.331 e. The van der Waals surface area contributed by atoms with Crippen molar-refractivity contribution in [2.45, 2.75) is 52.1 Å². The first-order valence-corrected chi connectivity index (χ1v) is 7.52. The summed E-state index contributed by atoms with van der Waals surface area (Å²) in [5.41, 5.74) is 1.38. The maximum absolute atomic E-state index is 11.2. The van der Waals surface area contributed by atoms with Gasteiger partial charge in [0.1, 0.15) is 6.10 Å². The fraction of sp³-hybridized carbons (Fsp3) is 0.647. The van der Waals surface area contributed by atoms with Crippen molar-refractivity contribution in [1.82, 2.24) is 0 Å². The Balaban J connectivity index is 2.16. The molecule has 0 spiro atoms. The third-order valence-corrected chi connectivity index (χ3v) is 5.34. The van der Waals surface area contributed by atoms with Gasteiger partial charge in [0.15, 0.2) is 0 Å². The minimum atomic E-state index is -0.915. The average Bonchev–Trinajstić information content (AvgIpc) is 2.41. The van der Waals surface area contributed by atoms with Crippen molar-refractivity contribution < 1.29 is 19.4 Å². The van der Waals surface area contributed by atoms with Gasteiger partial charge in [-0.25, -0.2) is 4.79 Å². The van der Waals surface area contributed by atoms with Crippen LogP contribution >= 0.6 is 0 Å². The molecule has 1 N–H and O–H groups in total. The van der Waals surface area contributed by atoms with Crippen LogP contribution in [-0.2, 0) is 14.3 Å². The Morgan fingerprint density at radius 2 is 1.95 bits per heavy atom. The SMILES string of the molecule is C=C(C(=O)O)[C@@H]1CC[C@@]2(C)CC[C@@H](OC(C)=O)C(=C)[C@@H]2C1. The van der Waals surface area contributed by atoms with Gasteiger partial charge in [-0.3, -0.25) is 4.79 Å². The molecule has 4 atom stereocenters. The summed E-state index contributed by atoms with van der Waals surface area (Å²) in [5, 5.41) is 9.14. The highest BCUT2D eigenvalue weighted by molar-refractivity contribution is 5.86. The zero-order valence-corrected chi connectivity index (χ0v) is 12.9. The molecular formula is C17H24O4. The molecule has 0 saturated heterocycles. The predicted octanol–water partition coefficient (Wildman–Crippen LogP) is 3.33. The summed E-state index contributed by atoms with van der Waals surface area (Å²) in [6.45, 7) is 11.5. The van der Waals surface area contributed by atoms with Gasteiger partial charge >= 0.3 is 11.9 Å². The van der Waals surface area contributed by atoms with E-state index in [9.17, 15) is 9.59 Å². The molecular weight excluding hydrogens is 268 g/mol. The van der Waals surface area contributed by atoms with Crippen LogP contribution in [0.5, 0.6) is 0 Å². The molecule has 2 saturated carbocycles. The van der Waals surface area contributed by atoms with Crippen LogP contribution in [0.2, 0.25) is 0 Å². The van der Waals surface area contributed by atoms with Crippen molar-refractivity contribution in [3.05, 3.63) is 24.3 Å². The molecule has 2 aliphatic rings. The Morgan fingerprint density at radius 1 is 1.33 bits per heavy atom. The number of hydrogen-bond acceptors (Lipinski definition) is 3. The number of aliphatic carboxylic acids is 1. The summed E-state index contributed by atoms with van der Waals surface area (Å²) in [6.07, 6.45) is 4.16. The van der Waals surface area contributed by atoms with Gasteiger partial charge in [0, 0.05) is 12.5 Å². The number of ether oxygens (including phenoxy) is 1. The molecule has 0 unspecified atom stereocenters. The lowest BCUT2D eigenvalue weighted by Crippen LogP contribution is -2.44. The lowest BCUT2D eigenvalue weighted by Gasteiger charge is -2.50. The van der Waals surface area contributed by atoms with Gasteiger partial charge in [0.05, 0.1) is 0 Å². The van der Waals surface area contributed by atoms with Crippen molar-refractivity contribution in [1.29, 1.82) is 0 Å². The quantitative estimate of drug-likeness (QED) is 0.492. The number of carbonyl (C=O) groups excluding carboxylic acids is 1. The van der Waals surface area contributed by atoms with Crippen LogP contribution in [0.4, 0.5) is 0 Å². The largest absolute Gasteiger partial charge is 0.478 e. The Bertz CT molecular complexity index is 493. The highest BCUT2D eigenvalue weighted by atomic mass is 16.5. The van der Waals surface area contributed by atoms with E-state index in [4.69, 9.17) is 9.84 Å². The topological polar surface area (TPSA) is 63.6 Å². The molecule has 2 rings (SSSR count). The van der Waals surface area contributed by atoms with Gasteiger partial charge in [-0.05, 0) is 54.9 Å². The van der Waals surface area contributed by atoms with Crippen LogP contribution in [0.25, 0.3) is 0 Å². The van der Waals surface area contributed by atoms with Gasteiger partial charge in [-0.1, -0.05) is 20.1 Å². The summed E-state index contributed by atoms with van der Waals surface area (Å²) in [6, 6.07) is 0. The molecule has 4 heteroatoms. The lowest BCUT2D eigenvalue weighted by molar-refractivity contribution is -0.147. The van der Waals surface area contributed by atoms with E-state index in [0.717, 1.165) is 37.7 Å². The fourth-order valence-electron chi connectivity index (χ4n) is 3.96. The molecule has 0 aromatic rings. The first kappa shape index (κ1) is 15.8. The standard InChI is InChI=1S/C17H24O4/c1-10(16(19)20)13-5-7-17(4)8-6-15(21-12(3)18)11(2)14(17)9-13/h13-15H,1-2,5-9H2,3-4H3,(H,19,20)/t13-,14+,15-,17+/m1/s1. The van der Waals surface area contributed by atoms with Crippen LogP contribution < -0.4 is 0 Å². The zero-order chi connectivity index (χ0) is 15.8. The van der Waals surface area contributed by atoms with Crippen LogP contribution in [0, 0.1) is 17.3 Å². The second-order valence-electron chi connectivity index (χ2n) is 6.72. The van der Waals surface area contributed by atoms with Gasteiger partial charge in [0.2, 0.25) is 0 Å². The van der Waals surface area contributed by atoms with E-state index in [0.29, 0.717) is 5.57 Å². The molecule has 2 aliphatic carbocycles. The zero-order valence-electron chi connectivity index (χ0n) is 12.9. The highest BCUT2D eigenvalue weighted by Gasteiger charge is 2.47. The van der Waals surface area contributed by atoms with E-state index < -0.39 is 5.97 Å². The van der Waals surface area contributed by atoms with Crippen LogP contribution in [-0.4, -0.2) is 23.1 Å². The van der Waals surface area contributed by atoms with Gasteiger partial charge in [0.25, 0.3) is 0 Å². The number of esters is 1. The Kier molecular flexibility index (Phi) is 4.26. The van der Waals surface area contributed by atoms with Crippen LogP contribution in [0.15, 0.2) is 24.3 Å². The first-order valence-electron chi connectivity index (χ1n) is 7.52. The number of fused-ring (bicyclic) bond motifs is 1. The van der Waals surface area contributed by atoms with E-state index in [1.54, 1.807) is 0 Å². The molecule has 0 amide bonds. The van der Waals surface area contributed by atoms with E-state index in [-0.39, 0.29) is 29.3 Å². The molecule has 116 valence electrons. The van der Waals surface area contributed by atoms with E-state index >= 15 is 0 Å². The van der Waals surface area contributed by atoms with E-state index in [1.807, 2.05) is 0 Å². The Morgan fingerprint density at radius 3 is 2.52 bits per heavy atom. The van der Waals surface area contributed by atoms with Crippen molar-refractivity contribution in [3.63, 3.8) is 0 Å². The highest BCUT2D eigenvalue weighted by Crippen LogP contribution is 2.54. The first-order chi connectivity index (χ1) is 9.74. The molecule has 0 aromatic heterocycles. The molecule has 0 heterocycles. The van der Waals surface area contributed by atoms with Crippen molar-refractivity contribution in [2.24, 2.45) is 17.3 Å². The normalized spacial score (nSPS) is 35.7. The molecule has 2 fully saturated rings. The summed E-state index contributed by atoms with van der Waals surface area (Å²) in [5.74, 6) is -1.01. The molecule has 4 nitrogen and oxygen atoms in total. The maximum atomic E-state index is 11.2. The average molecular weight is 292 g/mol. The molecule has 0 aliphatic heterocycles. The monoisotopic (exact) mass is 292 g/mol. The fourth-order valence-corrected chi connectivity index (χ4v) is 3.96. The summed E-state index contributed by atoms with van der Waals surface area (Å²) >= 11 is 0. The van der Waals surface area contributed by atoms with Crippen molar-refractivity contribution in [2.75, 3.05) is 0 Å². The van der Waals surface area contributed by atoms with E-state index in [1.165, 1.54) is 6.92 Å².